The molecule has 5 nitrogen and oxygen atoms in total. The van der Waals surface area contributed by atoms with E-state index in [1.165, 1.54) is 11.1 Å². The van der Waals surface area contributed by atoms with E-state index in [0.717, 1.165) is 49.6 Å². The van der Waals surface area contributed by atoms with Crippen LogP contribution in [0.25, 0.3) is 0 Å². The van der Waals surface area contributed by atoms with E-state index in [1.807, 2.05) is 29.2 Å². The summed E-state index contributed by atoms with van der Waals surface area (Å²) in [6, 6.07) is 7.95. The third kappa shape index (κ3) is 2.99. The smallest absolute Gasteiger partial charge is 0.226 e. The van der Waals surface area contributed by atoms with E-state index in [1.54, 1.807) is 20.5 Å². The van der Waals surface area contributed by atoms with Crippen molar-refractivity contribution in [2.24, 2.45) is 5.92 Å². The molecule has 1 aliphatic heterocycles. The van der Waals surface area contributed by atoms with Crippen molar-refractivity contribution in [2.75, 3.05) is 27.3 Å². The van der Waals surface area contributed by atoms with Gasteiger partial charge in [-0.25, -0.2) is 0 Å². The van der Waals surface area contributed by atoms with Gasteiger partial charge in [0.1, 0.15) is 5.76 Å². The Balaban J connectivity index is 1.46. The molecule has 0 bridgehead atoms. The quantitative estimate of drug-likeness (QED) is 0.858. The normalized spacial score (nSPS) is 22.1. The number of amides is 1. The summed E-state index contributed by atoms with van der Waals surface area (Å²) in [4.78, 5) is 14.9. The van der Waals surface area contributed by atoms with Gasteiger partial charge in [0.15, 0.2) is 11.5 Å². The predicted octanol–water partition coefficient (Wildman–Crippen LogP) is 3.03. The molecular weight excluding hydrogens is 318 g/mol. The molecule has 2 unspecified atom stereocenters. The van der Waals surface area contributed by atoms with Crippen LogP contribution in [0, 0.1) is 5.92 Å². The number of carbonyl (C=O) groups is 1. The van der Waals surface area contributed by atoms with Gasteiger partial charge < -0.3 is 18.8 Å². The fraction of sp³-hybridized carbons (Fsp3) is 0.450. The lowest BCUT2D eigenvalue weighted by molar-refractivity contribution is -0.132. The highest BCUT2D eigenvalue weighted by Gasteiger charge is 2.47. The minimum absolute atomic E-state index is 0.0800. The van der Waals surface area contributed by atoms with Crippen molar-refractivity contribution in [3.05, 3.63) is 47.4 Å². The minimum Gasteiger partial charge on any atom is -0.493 e. The van der Waals surface area contributed by atoms with Gasteiger partial charge in [0, 0.05) is 24.9 Å². The highest BCUT2D eigenvalue weighted by molar-refractivity contribution is 5.83. The number of carbonyl (C=O) groups excluding carboxylic acids is 1. The van der Waals surface area contributed by atoms with E-state index < -0.39 is 0 Å². The first-order valence-corrected chi connectivity index (χ1v) is 8.77. The monoisotopic (exact) mass is 341 g/mol. The van der Waals surface area contributed by atoms with E-state index in [2.05, 4.69) is 0 Å². The largest absolute Gasteiger partial charge is 0.493 e. The molecule has 25 heavy (non-hydrogen) atoms. The summed E-state index contributed by atoms with van der Waals surface area (Å²) < 4.78 is 16.3. The van der Waals surface area contributed by atoms with E-state index in [4.69, 9.17) is 13.9 Å². The molecule has 2 atom stereocenters. The second-order valence-electron chi connectivity index (χ2n) is 6.77. The number of rotatable bonds is 4. The molecule has 1 saturated carbocycles. The molecule has 1 fully saturated rings. The maximum Gasteiger partial charge on any atom is 0.226 e. The number of nitrogens with zero attached hydrogens (tertiary/aromatic N) is 1. The van der Waals surface area contributed by atoms with E-state index >= 15 is 0 Å². The maximum atomic E-state index is 12.9. The van der Waals surface area contributed by atoms with Crippen LogP contribution in [-0.2, 0) is 17.6 Å². The molecule has 4 rings (SSSR count). The van der Waals surface area contributed by atoms with Crippen molar-refractivity contribution in [3.8, 4) is 11.5 Å². The van der Waals surface area contributed by atoms with E-state index in [9.17, 15) is 4.79 Å². The lowest BCUT2D eigenvalue weighted by Gasteiger charge is -2.20. The summed E-state index contributed by atoms with van der Waals surface area (Å²) in [5.74, 6) is 3.03. The lowest BCUT2D eigenvalue weighted by atomic mass is 10.0. The van der Waals surface area contributed by atoms with Crippen molar-refractivity contribution < 1.29 is 18.7 Å². The number of ether oxygens (including phenoxy) is 2. The third-order valence-corrected chi connectivity index (χ3v) is 5.34. The van der Waals surface area contributed by atoms with Crippen LogP contribution in [0.2, 0.25) is 0 Å². The molecule has 1 aliphatic carbocycles. The Hall–Kier alpha value is -2.43. The topological polar surface area (TPSA) is 51.9 Å². The van der Waals surface area contributed by atoms with Crippen LogP contribution in [0.15, 0.2) is 34.9 Å². The van der Waals surface area contributed by atoms with Crippen LogP contribution in [0.4, 0.5) is 0 Å². The molecule has 0 spiro atoms. The predicted molar refractivity (Wildman–Crippen MR) is 93.1 cm³/mol. The van der Waals surface area contributed by atoms with Crippen LogP contribution in [0.3, 0.4) is 0 Å². The molecule has 5 heteroatoms. The van der Waals surface area contributed by atoms with Crippen molar-refractivity contribution >= 4 is 5.91 Å². The Morgan fingerprint density at radius 2 is 1.76 bits per heavy atom. The van der Waals surface area contributed by atoms with Crippen LogP contribution < -0.4 is 9.47 Å². The van der Waals surface area contributed by atoms with Crippen molar-refractivity contribution in [1.82, 2.24) is 4.90 Å². The van der Waals surface area contributed by atoms with E-state index in [0.29, 0.717) is 0 Å². The van der Waals surface area contributed by atoms with Crippen molar-refractivity contribution in [3.63, 3.8) is 0 Å². The first-order valence-electron chi connectivity index (χ1n) is 8.77. The fourth-order valence-electron chi connectivity index (χ4n) is 3.79. The zero-order valence-corrected chi connectivity index (χ0v) is 14.7. The average Bonchev–Trinajstić information content (AvgIpc) is 3.32. The Morgan fingerprint density at radius 3 is 2.28 bits per heavy atom. The Bertz CT molecular complexity index is 733. The molecule has 132 valence electrons. The molecule has 2 heterocycles. The number of hydrogen-bond donors (Lipinski definition) is 0. The summed E-state index contributed by atoms with van der Waals surface area (Å²) in [6.07, 6.45) is 4.27. The number of fused-ring (bicyclic) bond motifs is 1. The standard InChI is InChI=1S/C20H23NO4/c1-23-18-10-13-5-7-21(8-6-14(13)11-19(18)24-2)20(22)16-12-15(16)17-4-3-9-25-17/h3-4,9-11,15-16H,5-8,12H2,1-2H3. The molecule has 0 radical (unpaired) electrons. The third-order valence-electron chi connectivity index (χ3n) is 5.34. The van der Waals surface area contributed by atoms with Crippen LogP contribution in [0.1, 0.15) is 29.2 Å². The first-order chi connectivity index (χ1) is 12.2. The second-order valence-corrected chi connectivity index (χ2v) is 6.77. The SMILES string of the molecule is COc1cc2c(cc1OC)CCN(C(=O)C1CC1c1ccco1)CC2. The molecule has 1 amide bonds. The molecular formula is C20H23NO4. The van der Waals surface area contributed by atoms with Crippen LogP contribution in [0.5, 0.6) is 11.5 Å². The number of methoxy groups -OCH3 is 2. The minimum atomic E-state index is 0.0800. The Morgan fingerprint density at radius 1 is 1.12 bits per heavy atom. The van der Waals surface area contributed by atoms with Crippen molar-refractivity contribution in [1.29, 1.82) is 0 Å². The highest BCUT2D eigenvalue weighted by Crippen LogP contribution is 2.48. The second kappa shape index (κ2) is 6.47. The summed E-state index contributed by atoms with van der Waals surface area (Å²) in [5, 5.41) is 0. The fourth-order valence-corrected chi connectivity index (χ4v) is 3.79. The van der Waals surface area contributed by atoms with Crippen molar-refractivity contribution in [2.45, 2.75) is 25.2 Å². The van der Waals surface area contributed by atoms with Gasteiger partial charge in [0.25, 0.3) is 0 Å². The molecule has 0 saturated heterocycles. The molecule has 2 aliphatic rings. The van der Waals surface area contributed by atoms with Crippen LogP contribution >= 0.6 is 0 Å². The number of benzene rings is 1. The van der Waals surface area contributed by atoms with Gasteiger partial charge in [0.2, 0.25) is 5.91 Å². The van der Waals surface area contributed by atoms with E-state index in [-0.39, 0.29) is 17.7 Å². The maximum absolute atomic E-state index is 12.9. The number of hydrogen-bond acceptors (Lipinski definition) is 4. The van der Waals surface area contributed by atoms with Gasteiger partial charge in [-0.05, 0) is 54.7 Å². The summed E-state index contributed by atoms with van der Waals surface area (Å²) in [6.45, 7) is 1.51. The van der Waals surface area contributed by atoms with Gasteiger partial charge in [-0.3, -0.25) is 4.79 Å². The molecule has 1 aromatic heterocycles. The summed E-state index contributed by atoms with van der Waals surface area (Å²) in [7, 11) is 3.30. The molecule has 0 N–H and O–H groups in total. The summed E-state index contributed by atoms with van der Waals surface area (Å²) >= 11 is 0. The lowest BCUT2D eigenvalue weighted by Crippen LogP contribution is -2.34. The average molecular weight is 341 g/mol. The Kier molecular flexibility index (Phi) is 4.15. The molecule has 2 aromatic rings. The highest BCUT2D eigenvalue weighted by atomic mass is 16.5. The van der Waals surface area contributed by atoms with Crippen LogP contribution in [-0.4, -0.2) is 38.1 Å². The first kappa shape index (κ1) is 16.1. The van der Waals surface area contributed by atoms with Gasteiger partial charge in [-0.1, -0.05) is 0 Å². The molecule has 1 aromatic carbocycles. The van der Waals surface area contributed by atoms with Gasteiger partial charge in [0.05, 0.1) is 20.5 Å². The van der Waals surface area contributed by atoms with Gasteiger partial charge in [-0.2, -0.15) is 0 Å². The zero-order valence-electron chi connectivity index (χ0n) is 14.7. The van der Waals surface area contributed by atoms with Gasteiger partial charge in [-0.15, -0.1) is 0 Å². The zero-order chi connectivity index (χ0) is 17.4. The van der Waals surface area contributed by atoms with Gasteiger partial charge >= 0.3 is 0 Å². The Labute approximate surface area is 147 Å². The number of furan rings is 1. The summed E-state index contributed by atoms with van der Waals surface area (Å²) in [5.41, 5.74) is 2.48.